The first-order chi connectivity index (χ1) is 21.6. The molecule has 2 atom stereocenters. The monoisotopic (exact) mass is 655 g/mol. The zero-order valence-electron chi connectivity index (χ0n) is 28.3. The van der Waals surface area contributed by atoms with Gasteiger partial charge in [-0.25, -0.2) is 14.4 Å². The third-order valence-electron chi connectivity index (χ3n) is 7.37. The predicted molar refractivity (Wildman–Crippen MR) is 182 cm³/mol. The molecule has 0 radical (unpaired) electrons. The van der Waals surface area contributed by atoms with Crippen LogP contribution in [0.5, 0.6) is 0 Å². The first-order valence-electron chi connectivity index (χ1n) is 15.7. The first-order valence-corrected chi connectivity index (χ1v) is 17.1. The highest BCUT2D eigenvalue weighted by Crippen LogP contribution is 2.34. The number of rotatable bonds is 12. The van der Waals surface area contributed by atoms with Gasteiger partial charge in [0.05, 0.1) is 13.2 Å². The van der Waals surface area contributed by atoms with Gasteiger partial charge in [0, 0.05) is 11.3 Å². The van der Waals surface area contributed by atoms with Gasteiger partial charge in [-0.15, -0.1) is 0 Å². The number of benzene rings is 2. The van der Waals surface area contributed by atoms with Crippen molar-refractivity contribution in [3.8, 4) is 11.1 Å². The Morgan fingerprint density at radius 1 is 0.935 bits per heavy atom. The topological polar surface area (TPSA) is 132 Å². The van der Waals surface area contributed by atoms with E-state index in [9.17, 15) is 19.2 Å². The molecule has 46 heavy (non-hydrogen) atoms. The quantitative estimate of drug-likeness (QED) is 0.156. The van der Waals surface area contributed by atoms with E-state index < -0.39 is 52.6 Å². The lowest BCUT2D eigenvalue weighted by atomic mass is 9.83. The highest BCUT2D eigenvalue weighted by atomic mass is 32.2. The van der Waals surface area contributed by atoms with Gasteiger partial charge in [0.1, 0.15) is 17.2 Å². The van der Waals surface area contributed by atoms with Gasteiger partial charge in [-0.1, -0.05) is 36.8 Å². The molecular formula is C35H49N3O7S. The van der Waals surface area contributed by atoms with Crippen molar-refractivity contribution in [1.82, 2.24) is 10.6 Å². The summed E-state index contributed by atoms with van der Waals surface area (Å²) in [6.07, 6.45) is 4.57. The average Bonchev–Trinajstić information content (AvgIpc) is 3.00. The SMILES string of the molecule is COC(=O)[C@H](CCSC)NC(=O)c1ccc(NC(C(=O)OC(C)(C)C)(C(=O)OC(C)(C)C)C2CCCCN2)cc1-c1ccccc1. The lowest BCUT2D eigenvalue weighted by molar-refractivity contribution is -0.177. The summed E-state index contributed by atoms with van der Waals surface area (Å²) in [7, 11) is 1.29. The maximum atomic E-state index is 14.2. The number of hydrogen-bond donors (Lipinski definition) is 3. The number of thioether (sulfide) groups is 1. The fourth-order valence-corrected chi connectivity index (χ4v) is 5.73. The summed E-state index contributed by atoms with van der Waals surface area (Å²) >= 11 is 1.56. The third kappa shape index (κ3) is 9.72. The zero-order chi connectivity index (χ0) is 34.1. The molecule has 10 nitrogen and oxygen atoms in total. The Balaban J connectivity index is 2.17. The van der Waals surface area contributed by atoms with Gasteiger partial charge in [-0.05, 0) is 109 Å². The summed E-state index contributed by atoms with van der Waals surface area (Å²) in [5.74, 6) is -1.85. The number of ether oxygens (including phenoxy) is 3. The lowest BCUT2D eigenvalue weighted by Crippen LogP contribution is -2.68. The molecule has 3 N–H and O–H groups in total. The molecule has 1 saturated heterocycles. The van der Waals surface area contributed by atoms with Crippen molar-refractivity contribution in [2.24, 2.45) is 0 Å². The summed E-state index contributed by atoms with van der Waals surface area (Å²) in [6, 6.07) is 12.8. The second-order valence-electron chi connectivity index (χ2n) is 13.4. The van der Waals surface area contributed by atoms with Crippen LogP contribution in [0.25, 0.3) is 11.1 Å². The number of hydrogen-bond acceptors (Lipinski definition) is 10. The normalized spacial score (nSPS) is 16.1. The van der Waals surface area contributed by atoms with Gasteiger partial charge in [0.25, 0.3) is 5.91 Å². The number of carbonyl (C=O) groups excluding carboxylic acids is 4. The first kappa shape index (κ1) is 36.9. The maximum absolute atomic E-state index is 14.2. The molecule has 11 heteroatoms. The van der Waals surface area contributed by atoms with Gasteiger partial charge in [-0.2, -0.15) is 11.8 Å². The number of esters is 3. The Morgan fingerprint density at radius 3 is 2.09 bits per heavy atom. The molecule has 3 rings (SSSR count). The number of anilines is 1. The largest absolute Gasteiger partial charge is 0.467 e. The van der Waals surface area contributed by atoms with Gasteiger partial charge in [-0.3, -0.25) is 4.79 Å². The van der Waals surface area contributed by atoms with Crippen LogP contribution < -0.4 is 16.0 Å². The third-order valence-corrected chi connectivity index (χ3v) is 8.01. The highest BCUT2D eigenvalue weighted by molar-refractivity contribution is 7.98. The molecule has 0 bridgehead atoms. The van der Waals surface area contributed by atoms with Crippen LogP contribution in [0.1, 0.15) is 77.6 Å². The van der Waals surface area contributed by atoms with Gasteiger partial charge < -0.3 is 30.2 Å². The Hall–Kier alpha value is -3.57. The van der Waals surface area contributed by atoms with Crippen LogP contribution in [0.15, 0.2) is 48.5 Å². The summed E-state index contributed by atoms with van der Waals surface area (Å²) in [4.78, 5) is 54.6. The Bertz CT molecular complexity index is 1330. The number of methoxy groups -OCH3 is 1. The van der Waals surface area contributed by atoms with Crippen LogP contribution in [0, 0.1) is 0 Å². The van der Waals surface area contributed by atoms with E-state index in [1.54, 1.807) is 71.5 Å². The Labute approximate surface area is 277 Å². The van der Waals surface area contributed by atoms with E-state index in [1.165, 1.54) is 7.11 Å². The van der Waals surface area contributed by atoms with Crippen molar-refractivity contribution < 1.29 is 33.4 Å². The van der Waals surface area contributed by atoms with E-state index >= 15 is 0 Å². The minimum atomic E-state index is -1.94. The highest BCUT2D eigenvalue weighted by Gasteiger charge is 2.57. The molecule has 0 aromatic heterocycles. The lowest BCUT2D eigenvalue weighted by Gasteiger charge is -2.42. The molecule has 252 valence electrons. The summed E-state index contributed by atoms with van der Waals surface area (Å²) in [5.41, 5.74) is -1.72. The fraction of sp³-hybridized carbons (Fsp3) is 0.543. The van der Waals surface area contributed by atoms with Crippen LogP contribution in [0.4, 0.5) is 5.69 Å². The van der Waals surface area contributed by atoms with E-state index in [-0.39, 0.29) is 0 Å². The van der Waals surface area contributed by atoms with Crippen LogP contribution in [0.2, 0.25) is 0 Å². The number of nitrogens with one attached hydrogen (secondary N) is 3. The molecule has 1 unspecified atom stereocenters. The molecule has 1 heterocycles. The number of carbonyl (C=O) groups is 4. The second kappa shape index (κ2) is 15.8. The zero-order valence-corrected chi connectivity index (χ0v) is 29.1. The molecular weight excluding hydrogens is 606 g/mol. The van der Waals surface area contributed by atoms with Crippen molar-refractivity contribution in [1.29, 1.82) is 0 Å². The van der Waals surface area contributed by atoms with E-state index in [1.807, 2.05) is 36.6 Å². The molecule has 0 spiro atoms. The van der Waals surface area contributed by atoms with Crippen molar-refractivity contribution >= 4 is 41.3 Å². The molecule has 1 aliphatic heterocycles. The maximum Gasteiger partial charge on any atom is 0.345 e. The molecule has 0 aliphatic carbocycles. The van der Waals surface area contributed by atoms with Gasteiger partial charge in [0.15, 0.2) is 0 Å². The van der Waals surface area contributed by atoms with E-state index in [2.05, 4.69) is 16.0 Å². The summed E-state index contributed by atoms with van der Waals surface area (Å²) in [6.45, 7) is 11.1. The summed E-state index contributed by atoms with van der Waals surface area (Å²) in [5, 5.41) is 9.46. The van der Waals surface area contributed by atoms with E-state index in [4.69, 9.17) is 14.2 Å². The second-order valence-corrected chi connectivity index (χ2v) is 14.4. The fourth-order valence-electron chi connectivity index (χ4n) is 5.26. The Morgan fingerprint density at radius 2 is 1.57 bits per heavy atom. The molecule has 1 fully saturated rings. The molecule has 1 aliphatic rings. The van der Waals surface area contributed by atoms with E-state index in [0.717, 1.165) is 18.4 Å². The van der Waals surface area contributed by atoms with Crippen LogP contribution in [-0.2, 0) is 28.6 Å². The average molecular weight is 656 g/mol. The number of piperidine rings is 1. The summed E-state index contributed by atoms with van der Waals surface area (Å²) < 4.78 is 16.7. The van der Waals surface area contributed by atoms with Crippen LogP contribution in [0.3, 0.4) is 0 Å². The van der Waals surface area contributed by atoms with Crippen molar-refractivity contribution in [2.45, 2.75) is 96.1 Å². The standard InChI is InChI=1S/C35H49N3O7S/c1-33(2,3)44-31(41)35(28-16-12-13-20-36-28,32(42)45-34(4,5)6)38-24-17-18-25(26(22-24)23-14-10-9-11-15-23)29(39)37-27(19-21-46-8)30(40)43-7/h9-11,14-15,17-18,22,27-28,36,38H,12-13,16,19-21H2,1-8H3,(H,37,39)/t27-,28?/m0/s1. The van der Waals surface area contributed by atoms with Crippen molar-refractivity contribution in [3.63, 3.8) is 0 Å². The molecule has 2 aromatic carbocycles. The molecule has 2 aromatic rings. The molecule has 1 amide bonds. The van der Waals surface area contributed by atoms with Gasteiger partial charge in [0.2, 0.25) is 5.54 Å². The van der Waals surface area contributed by atoms with E-state index in [0.29, 0.717) is 42.0 Å². The van der Waals surface area contributed by atoms with Crippen LogP contribution >= 0.6 is 11.8 Å². The van der Waals surface area contributed by atoms with Crippen molar-refractivity contribution in [3.05, 3.63) is 54.1 Å². The number of amides is 1. The Kier molecular flexibility index (Phi) is 12.7. The van der Waals surface area contributed by atoms with Crippen LogP contribution in [-0.4, -0.2) is 78.3 Å². The van der Waals surface area contributed by atoms with Crippen molar-refractivity contribution in [2.75, 3.05) is 31.0 Å². The predicted octanol–water partition coefficient (Wildman–Crippen LogP) is 5.35. The minimum absolute atomic E-state index is 0.311. The van der Waals surface area contributed by atoms with Gasteiger partial charge >= 0.3 is 17.9 Å². The smallest absolute Gasteiger partial charge is 0.345 e. The molecule has 0 saturated carbocycles. The minimum Gasteiger partial charge on any atom is -0.467 e.